The molecule has 1 amide bonds. The number of nitrogens with one attached hydrogen (secondary N) is 1. The molecule has 114 valence electrons. The number of nitrogens with two attached hydrogens (primary N) is 1. The summed E-state index contributed by atoms with van der Waals surface area (Å²) in [7, 11) is 0. The number of alkyl halides is 3. The second-order valence-corrected chi connectivity index (χ2v) is 4.36. The van der Waals surface area contributed by atoms with Gasteiger partial charge >= 0.3 is 6.18 Å². The Morgan fingerprint density at radius 1 is 1.43 bits per heavy atom. The summed E-state index contributed by atoms with van der Waals surface area (Å²) >= 11 is 0. The number of halogens is 3. The molecule has 0 aliphatic carbocycles. The summed E-state index contributed by atoms with van der Waals surface area (Å²) in [5, 5.41) is 0.457. The number of ether oxygens (including phenoxy) is 1. The topological polar surface area (TPSA) is 77.5 Å². The fraction of sp³-hybridized carbons (Fsp3) is 0.308. The third-order valence-corrected chi connectivity index (χ3v) is 2.95. The van der Waals surface area contributed by atoms with Crippen molar-refractivity contribution in [3.05, 3.63) is 35.6 Å². The van der Waals surface area contributed by atoms with E-state index in [9.17, 15) is 18.0 Å². The van der Waals surface area contributed by atoms with E-state index in [1.165, 1.54) is 0 Å². The second-order valence-electron chi connectivity index (χ2n) is 4.36. The van der Waals surface area contributed by atoms with Crippen molar-refractivity contribution in [3.8, 4) is 0 Å². The number of furan rings is 1. The fourth-order valence-electron chi connectivity index (χ4n) is 1.81. The number of fused-ring (bicyclic) bond motifs is 1. The molecule has 0 aliphatic heterocycles. The fourth-order valence-corrected chi connectivity index (χ4v) is 1.81. The second kappa shape index (κ2) is 5.74. The molecule has 3 N–H and O–H groups in total. The van der Waals surface area contributed by atoms with Crippen molar-refractivity contribution >= 4 is 16.9 Å². The number of hydrogen-bond donors (Lipinski definition) is 2. The van der Waals surface area contributed by atoms with Crippen molar-refractivity contribution in [2.45, 2.75) is 25.8 Å². The van der Waals surface area contributed by atoms with Gasteiger partial charge in [0, 0.05) is 5.39 Å². The lowest BCUT2D eigenvalue weighted by atomic mass is 10.1. The van der Waals surface area contributed by atoms with Crippen molar-refractivity contribution in [3.63, 3.8) is 0 Å². The molecule has 0 saturated heterocycles. The lowest BCUT2D eigenvalue weighted by Gasteiger charge is -2.15. The van der Waals surface area contributed by atoms with E-state index in [1.807, 2.05) is 5.43 Å². The summed E-state index contributed by atoms with van der Waals surface area (Å²) < 4.78 is 47.4. The zero-order valence-electron chi connectivity index (χ0n) is 11.0. The number of hydrazine groups is 1. The van der Waals surface area contributed by atoms with Gasteiger partial charge in [-0.3, -0.25) is 10.2 Å². The van der Waals surface area contributed by atoms with E-state index in [0.717, 1.165) is 6.92 Å². The van der Waals surface area contributed by atoms with Gasteiger partial charge in [0.25, 0.3) is 5.91 Å². The van der Waals surface area contributed by atoms with E-state index < -0.39 is 24.8 Å². The van der Waals surface area contributed by atoms with Gasteiger partial charge in [0.05, 0.1) is 5.56 Å². The minimum absolute atomic E-state index is 0.00440. The molecular weight excluding hydrogens is 289 g/mol. The highest BCUT2D eigenvalue weighted by molar-refractivity contribution is 6.06. The van der Waals surface area contributed by atoms with Crippen LogP contribution in [0.5, 0.6) is 0 Å². The highest BCUT2D eigenvalue weighted by Gasteiger charge is 2.37. The van der Waals surface area contributed by atoms with Crippen LogP contribution in [0.25, 0.3) is 11.0 Å². The first-order valence-corrected chi connectivity index (χ1v) is 6.04. The first-order valence-electron chi connectivity index (χ1n) is 6.04. The van der Waals surface area contributed by atoms with Gasteiger partial charge in [-0.15, -0.1) is 0 Å². The predicted molar refractivity (Wildman–Crippen MR) is 68.2 cm³/mol. The number of amides is 1. The maximum Gasteiger partial charge on any atom is 0.414 e. The molecule has 2 rings (SSSR count). The SMILES string of the molecule is CC(OCc1oc2ccccc2c1C(=O)NN)C(F)(F)F. The summed E-state index contributed by atoms with van der Waals surface area (Å²) in [4.78, 5) is 11.8. The van der Waals surface area contributed by atoms with Crippen LogP contribution in [0, 0.1) is 0 Å². The van der Waals surface area contributed by atoms with Crippen molar-refractivity contribution < 1.29 is 27.1 Å². The molecule has 0 fully saturated rings. The van der Waals surface area contributed by atoms with Crippen LogP contribution in [0.15, 0.2) is 28.7 Å². The van der Waals surface area contributed by atoms with E-state index >= 15 is 0 Å². The van der Waals surface area contributed by atoms with Crippen LogP contribution >= 0.6 is 0 Å². The minimum atomic E-state index is -4.48. The van der Waals surface area contributed by atoms with Crippen molar-refractivity contribution in [2.24, 2.45) is 5.84 Å². The summed E-state index contributed by atoms with van der Waals surface area (Å²) in [6.45, 7) is 0.392. The van der Waals surface area contributed by atoms with Crippen LogP contribution in [-0.2, 0) is 11.3 Å². The number of carbonyl (C=O) groups is 1. The molecule has 1 atom stereocenters. The Hall–Kier alpha value is -2.06. The van der Waals surface area contributed by atoms with Gasteiger partial charge in [0.1, 0.15) is 18.0 Å². The summed E-state index contributed by atoms with van der Waals surface area (Å²) in [6, 6.07) is 6.56. The minimum Gasteiger partial charge on any atom is -0.458 e. The van der Waals surface area contributed by atoms with Crippen LogP contribution in [0.1, 0.15) is 23.0 Å². The number of hydrogen-bond acceptors (Lipinski definition) is 4. The van der Waals surface area contributed by atoms with Gasteiger partial charge in [-0.05, 0) is 13.0 Å². The van der Waals surface area contributed by atoms with Gasteiger partial charge in [-0.1, -0.05) is 18.2 Å². The maximum atomic E-state index is 12.4. The molecule has 0 radical (unpaired) electrons. The number of benzene rings is 1. The monoisotopic (exact) mass is 302 g/mol. The highest BCUT2D eigenvalue weighted by atomic mass is 19.4. The molecule has 21 heavy (non-hydrogen) atoms. The summed E-state index contributed by atoms with van der Waals surface area (Å²) in [5.74, 6) is 4.43. The van der Waals surface area contributed by atoms with Crippen molar-refractivity contribution in [2.75, 3.05) is 0 Å². The van der Waals surface area contributed by atoms with E-state index in [0.29, 0.717) is 11.0 Å². The third-order valence-electron chi connectivity index (χ3n) is 2.95. The molecule has 0 bridgehead atoms. The molecule has 8 heteroatoms. The average Bonchev–Trinajstić information content (AvgIpc) is 2.81. The molecular formula is C13H13F3N2O3. The third kappa shape index (κ3) is 3.17. The number of para-hydroxylation sites is 1. The number of rotatable bonds is 4. The Kier molecular flexibility index (Phi) is 4.19. The smallest absolute Gasteiger partial charge is 0.414 e. The molecule has 2 aromatic rings. The van der Waals surface area contributed by atoms with E-state index in [2.05, 4.69) is 0 Å². The first kappa shape index (κ1) is 15.3. The zero-order chi connectivity index (χ0) is 15.6. The Bertz CT molecular complexity index is 652. The summed E-state index contributed by atoms with van der Waals surface area (Å²) in [5.41, 5.74) is 2.38. The molecule has 5 nitrogen and oxygen atoms in total. The van der Waals surface area contributed by atoms with Crippen LogP contribution in [0.2, 0.25) is 0 Å². The molecule has 1 aromatic carbocycles. The van der Waals surface area contributed by atoms with Gasteiger partial charge in [0.15, 0.2) is 6.10 Å². The molecule has 0 aliphatic rings. The normalized spacial score (nSPS) is 13.4. The van der Waals surface area contributed by atoms with E-state index in [-0.39, 0.29) is 11.3 Å². The molecule has 0 spiro atoms. The van der Waals surface area contributed by atoms with E-state index in [1.54, 1.807) is 24.3 Å². The lowest BCUT2D eigenvalue weighted by Crippen LogP contribution is -2.31. The predicted octanol–water partition coefficient (Wildman–Crippen LogP) is 2.50. The van der Waals surface area contributed by atoms with Gasteiger partial charge in [-0.2, -0.15) is 13.2 Å². The van der Waals surface area contributed by atoms with Crippen LogP contribution in [0.4, 0.5) is 13.2 Å². The van der Waals surface area contributed by atoms with E-state index in [4.69, 9.17) is 15.0 Å². The van der Waals surface area contributed by atoms with Gasteiger partial charge in [0.2, 0.25) is 0 Å². The standard InChI is InChI=1S/C13H13F3N2O3/c1-7(13(14,15)16)20-6-10-11(12(19)18-17)8-4-2-3-5-9(8)21-10/h2-5,7H,6,17H2,1H3,(H,18,19). The van der Waals surface area contributed by atoms with Crippen LogP contribution < -0.4 is 11.3 Å². The number of nitrogen functional groups attached to an aromatic ring is 1. The Morgan fingerprint density at radius 3 is 2.71 bits per heavy atom. The maximum absolute atomic E-state index is 12.4. The van der Waals surface area contributed by atoms with Crippen LogP contribution in [0.3, 0.4) is 0 Å². The Labute approximate surface area is 117 Å². The summed E-state index contributed by atoms with van der Waals surface area (Å²) in [6.07, 6.45) is -6.46. The quantitative estimate of drug-likeness (QED) is 0.517. The largest absolute Gasteiger partial charge is 0.458 e. The first-order chi connectivity index (χ1) is 9.84. The Morgan fingerprint density at radius 2 is 2.10 bits per heavy atom. The lowest BCUT2D eigenvalue weighted by molar-refractivity contribution is -0.218. The average molecular weight is 302 g/mol. The molecule has 1 aromatic heterocycles. The zero-order valence-corrected chi connectivity index (χ0v) is 11.0. The molecule has 1 heterocycles. The Balaban J connectivity index is 2.33. The van der Waals surface area contributed by atoms with Gasteiger partial charge in [-0.25, -0.2) is 5.84 Å². The number of carbonyl (C=O) groups excluding carboxylic acids is 1. The molecule has 1 unspecified atom stereocenters. The molecule has 0 saturated carbocycles. The van der Waals surface area contributed by atoms with Crippen LogP contribution in [-0.4, -0.2) is 18.2 Å². The van der Waals surface area contributed by atoms with Crippen molar-refractivity contribution in [1.82, 2.24) is 5.43 Å². The van der Waals surface area contributed by atoms with Crippen molar-refractivity contribution in [1.29, 1.82) is 0 Å². The highest BCUT2D eigenvalue weighted by Crippen LogP contribution is 2.28. The van der Waals surface area contributed by atoms with Gasteiger partial charge < -0.3 is 9.15 Å².